The zero-order valence-electron chi connectivity index (χ0n) is 18.9. The lowest BCUT2D eigenvalue weighted by Crippen LogP contribution is -2.63. The lowest BCUT2D eigenvalue weighted by atomic mass is 9.88. The molecule has 0 radical (unpaired) electrons. The van der Waals surface area contributed by atoms with Crippen LogP contribution in [0.1, 0.15) is 24.4 Å². The second kappa shape index (κ2) is 9.79. The van der Waals surface area contributed by atoms with Gasteiger partial charge in [-0.2, -0.15) is 0 Å². The summed E-state index contributed by atoms with van der Waals surface area (Å²) in [6, 6.07) is 7.06. The lowest BCUT2D eigenvalue weighted by molar-refractivity contribution is -0.348. The van der Waals surface area contributed by atoms with Gasteiger partial charge >= 0.3 is 0 Å². The molecule has 0 aliphatic carbocycles. The van der Waals surface area contributed by atoms with Crippen LogP contribution in [0, 0.1) is 17.5 Å². The Hall–Kier alpha value is -3.03. The number of aromatic hydroxyl groups is 1. The number of phenols is 1. The zero-order valence-corrected chi connectivity index (χ0v) is 18.9. The summed E-state index contributed by atoms with van der Waals surface area (Å²) in [6.45, 7) is -0.127. The summed E-state index contributed by atoms with van der Waals surface area (Å²) in [6.07, 6.45) is -0.918. The predicted octanol–water partition coefficient (Wildman–Crippen LogP) is 2.45. The maximum absolute atomic E-state index is 13.8. The molecule has 0 amide bonds. The first-order chi connectivity index (χ1) is 17.3. The Labute approximate surface area is 203 Å². The van der Waals surface area contributed by atoms with E-state index in [4.69, 9.17) is 14.2 Å². The number of aliphatic hydroxyl groups is 2. The molecule has 2 aliphatic heterocycles. The Morgan fingerprint density at radius 3 is 2.61 bits per heavy atom. The first-order valence-corrected chi connectivity index (χ1v) is 11.4. The van der Waals surface area contributed by atoms with E-state index in [2.05, 4.69) is 10.3 Å². The fourth-order valence-corrected chi connectivity index (χ4v) is 4.76. The maximum atomic E-state index is 13.8. The van der Waals surface area contributed by atoms with Gasteiger partial charge in [0.2, 0.25) is 0 Å². The standard InChI is InChI=1S/C24H24F3N3O6/c25-16-8-14(9-17(26)20(16)27)18-10-30(29-28-18)21-22(33)19(11-31)36-24(5-2-6-35-24)23(21)34-12-13-3-1-4-15(32)7-13/h1,3-4,7-10,19,21-23,31-33H,2,5-6,11-12H2/t19-,21+,22+,23-,24+/m1/s1. The number of aromatic nitrogens is 3. The van der Waals surface area contributed by atoms with Crippen LogP contribution in [-0.2, 0) is 20.8 Å². The molecule has 2 aromatic carbocycles. The van der Waals surface area contributed by atoms with Crippen LogP contribution in [0.4, 0.5) is 13.2 Å². The average molecular weight is 507 g/mol. The van der Waals surface area contributed by atoms with E-state index in [-0.39, 0.29) is 23.6 Å². The molecule has 5 atom stereocenters. The van der Waals surface area contributed by atoms with E-state index in [9.17, 15) is 28.5 Å². The Morgan fingerprint density at radius 2 is 1.94 bits per heavy atom. The minimum Gasteiger partial charge on any atom is -0.508 e. The SMILES string of the molecule is OC[C@H]1O[C@@]2(CCCO2)[C@H](OCc2cccc(O)c2)[C@@H](n2cc(-c3cc(F)c(F)c(F)c3)nn2)[C@H]1O. The zero-order chi connectivity index (χ0) is 25.4. The third kappa shape index (κ3) is 4.46. The normalized spacial score (nSPS) is 28.1. The number of hydrogen-bond donors (Lipinski definition) is 3. The Bertz CT molecular complexity index is 1210. The second-order valence-corrected chi connectivity index (χ2v) is 8.82. The minimum atomic E-state index is -1.60. The van der Waals surface area contributed by atoms with Crippen molar-refractivity contribution < 1.29 is 42.7 Å². The quantitative estimate of drug-likeness (QED) is 0.436. The third-order valence-corrected chi connectivity index (χ3v) is 6.46. The van der Waals surface area contributed by atoms with Crippen molar-refractivity contribution in [3.8, 4) is 17.0 Å². The third-order valence-electron chi connectivity index (χ3n) is 6.46. The van der Waals surface area contributed by atoms with Gasteiger partial charge in [0, 0.05) is 12.0 Å². The molecule has 36 heavy (non-hydrogen) atoms. The summed E-state index contributed by atoms with van der Waals surface area (Å²) in [5.41, 5.74) is 0.624. The fourth-order valence-electron chi connectivity index (χ4n) is 4.76. The lowest BCUT2D eigenvalue weighted by Gasteiger charge is -2.49. The smallest absolute Gasteiger partial charge is 0.197 e. The highest BCUT2D eigenvalue weighted by Crippen LogP contribution is 2.45. The highest BCUT2D eigenvalue weighted by atomic mass is 19.2. The van der Waals surface area contributed by atoms with E-state index >= 15 is 0 Å². The Morgan fingerprint density at radius 1 is 1.17 bits per heavy atom. The van der Waals surface area contributed by atoms with Gasteiger partial charge < -0.3 is 29.5 Å². The van der Waals surface area contributed by atoms with Gasteiger partial charge in [-0.3, -0.25) is 0 Å². The van der Waals surface area contributed by atoms with Crippen molar-refractivity contribution in [2.24, 2.45) is 0 Å². The fraction of sp³-hybridized carbons (Fsp3) is 0.417. The van der Waals surface area contributed by atoms with Crippen molar-refractivity contribution in [2.45, 2.75) is 49.6 Å². The molecule has 192 valence electrons. The van der Waals surface area contributed by atoms with Gasteiger partial charge in [-0.15, -0.1) is 5.10 Å². The molecule has 5 rings (SSSR count). The molecule has 12 heteroatoms. The number of nitrogens with zero attached hydrogens (tertiary/aromatic N) is 3. The first-order valence-electron chi connectivity index (χ1n) is 11.4. The number of phenolic OH excluding ortho intramolecular Hbond substituents is 1. The van der Waals surface area contributed by atoms with Crippen LogP contribution >= 0.6 is 0 Å². The molecule has 2 saturated heterocycles. The van der Waals surface area contributed by atoms with Crippen molar-refractivity contribution in [3.05, 3.63) is 65.6 Å². The highest BCUT2D eigenvalue weighted by molar-refractivity contribution is 5.58. The first kappa shape index (κ1) is 24.7. The van der Waals surface area contributed by atoms with Gasteiger partial charge in [0.25, 0.3) is 0 Å². The Kier molecular flexibility index (Phi) is 6.70. The van der Waals surface area contributed by atoms with E-state index in [1.165, 1.54) is 23.0 Å². The molecule has 0 unspecified atom stereocenters. The molecule has 0 saturated carbocycles. The van der Waals surface area contributed by atoms with Crippen LogP contribution in [0.3, 0.4) is 0 Å². The number of benzene rings is 2. The Balaban J connectivity index is 1.52. The molecule has 3 aromatic rings. The summed E-state index contributed by atoms with van der Waals surface area (Å²) >= 11 is 0. The topological polar surface area (TPSA) is 119 Å². The summed E-state index contributed by atoms with van der Waals surface area (Å²) in [7, 11) is 0. The largest absolute Gasteiger partial charge is 0.508 e. The van der Waals surface area contributed by atoms with Gasteiger partial charge in [-0.1, -0.05) is 17.3 Å². The van der Waals surface area contributed by atoms with Gasteiger partial charge in [0.15, 0.2) is 23.2 Å². The molecule has 0 bridgehead atoms. The van der Waals surface area contributed by atoms with Crippen LogP contribution < -0.4 is 0 Å². The molecular weight excluding hydrogens is 483 g/mol. The van der Waals surface area contributed by atoms with Crippen LogP contribution in [0.5, 0.6) is 5.75 Å². The number of aliphatic hydroxyl groups excluding tert-OH is 2. The number of hydrogen-bond acceptors (Lipinski definition) is 8. The molecule has 2 fully saturated rings. The van der Waals surface area contributed by atoms with Crippen LogP contribution in [0.25, 0.3) is 11.3 Å². The number of rotatable bonds is 6. The van der Waals surface area contributed by atoms with Gasteiger partial charge in [-0.25, -0.2) is 17.9 Å². The predicted molar refractivity (Wildman–Crippen MR) is 117 cm³/mol. The van der Waals surface area contributed by atoms with Crippen molar-refractivity contribution >= 4 is 0 Å². The average Bonchev–Trinajstić information content (AvgIpc) is 3.53. The summed E-state index contributed by atoms with van der Waals surface area (Å²) in [4.78, 5) is 0. The van der Waals surface area contributed by atoms with Gasteiger partial charge in [0.05, 0.1) is 26.0 Å². The van der Waals surface area contributed by atoms with E-state index in [1.807, 2.05) is 0 Å². The molecule has 3 N–H and O–H groups in total. The van der Waals surface area contributed by atoms with Crippen molar-refractivity contribution in [2.75, 3.05) is 13.2 Å². The molecule has 1 aromatic heterocycles. The number of ether oxygens (including phenoxy) is 3. The van der Waals surface area contributed by atoms with Crippen molar-refractivity contribution in [3.63, 3.8) is 0 Å². The van der Waals surface area contributed by atoms with Crippen molar-refractivity contribution in [1.29, 1.82) is 0 Å². The highest BCUT2D eigenvalue weighted by Gasteiger charge is 2.58. The molecule has 9 nitrogen and oxygen atoms in total. The molecule has 2 aliphatic rings. The summed E-state index contributed by atoms with van der Waals surface area (Å²) in [5.74, 6) is -5.61. The van der Waals surface area contributed by atoms with Crippen molar-refractivity contribution in [1.82, 2.24) is 15.0 Å². The summed E-state index contributed by atoms with van der Waals surface area (Å²) in [5, 5.41) is 38.8. The van der Waals surface area contributed by atoms with E-state index in [0.717, 1.165) is 12.1 Å². The van der Waals surface area contributed by atoms with Crippen LogP contribution in [0.2, 0.25) is 0 Å². The minimum absolute atomic E-state index is 0.0243. The second-order valence-electron chi connectivity index (χ2n) is 8.82. The molecular formula is C24H24F3N3O6. The van der Waals surface area contributed by atoms with Crippen LogP contribution in [-0.4, -0.2) is 67.6 Å². The maximum Gasteiger partial charge on any atom is 0.197 e. The van der Waals surface area contributed by atoms with Crippen LogP contribution in [0.15, 0.2) is 42.6 Å². The number of halogens is 3. The molecule has 3 heterocycles. The van der Waals surface area contributed by atoms with Gasteiger partial charge in [-0.05, 0) is 36.2 Å². The van der Waals surface area contributed by atoms with E-state index in [1.54, 1.807) is 12.1 Å². The van der Waals surface area contributed by atoms with Gasteiger partial charge in [0.1, 0.15) is 35.8 Å². The molecule has 1 spiro atoms. The van der Waals surface area contributed by atoms with E-state index < -0.39 is 54.2 Å². The summed E-state index contributed by atoms with van der Waals surface area (Å²) < 4.78 is 60.4. The van der Waals surface area contributed by atoms with E-state index in [0.29, 0.717) is 25.0 Å². The monoisotopic (exact) mass is 507 g/mol.